The van der Waals surface area contributed by atoms with Crippen molar-refractivity contribution >= 4 is 46.6 Å². The van der Waals surface area contributed by atoms with Crippen molar-refractivity contribution in [2.45, 2.75) is 19.0 Å². The van der Waals surface area contributed by atoms with Crippen LogP contribution in [0.5, 0.6) is 5.75 Å². The Bertz CT molecular complexity index is 1370. The largest absolute Gasteiger partial charge is 0.490 e. The van der Waals surface area contributed by atoms with Crippen LogP contribution >= 0.6 is 11.6 Å². The summed E-state index contributed by atoms with van der Waals surface area (Å²) in [6, 6.07) is 14.0. The molecule has 2 aromatic carbocycles. The van der Waals surface area contributed by atoms with Gasteiger partial charge in [-0.05, 0) is 54.3 Å². The SMILES string of the molecule is O=C(COc1ccc2cc1CCc1cccc(c1)Nc1ncc(Cl)c(n1)N2)N1CCNCC1.O=C(O)C(F)(F)F. The minimum absolute atomic E-state index is 0.00890. The molecule has 0 atom stereocenters. The molecule has 2 aliphatic heterocycles. The first kappa shape index (κ1) is 28.9. The summed E-state index contributed by atoms with van der Waals surface area (Å²) in [6.07, 6.45) is -1.93. The maximum absolute atomic E-state index is 12.6. The number of carboxylic acid groups (broad SMARTS) is 1. The van der Waals surface area contributed by atoms with Crippen molar-refractivity contribution < 1.29 is 32.6 Å². The van der Waals surface area contributed by atoms with Crippen molar-refractivity contribution in [2.75, 3.05) is 43.4 Å². The number of nitrogens with zero attached hydrogens (tertiary/aromatic N) is 3. The number of halogens is 4. The molecule has 0 radical (unpaired) electrons. The van der Waals surface area contributed by atoms with Gasteiger partial charge in [0.1, 0.15) is 10.8 Å². The third-order valence-corrected chi connectivity index (χ3v) is 6.27. The number of rotatable bonds is 3. The molecule has 1 amide bonds. The molecule has 1 saturated heterocycles. The summed E-state index contributed by atoms with van der Waals surface area (Å²) in [5.74, 6) is -1.06. The maximum Gasteiger partial charge on any atom is 0.490 e. The number of piperazine rings is 1. The van der Waals surface area contributed by atoms with Crippen molar-refractivity contribution in [2.24, 2.45) is 0 Å². The van der Waals surface area contributed by atoms with Crippen LogP contribution in [0, 0.1) is 0 Å². The van der Waals surface area contributed by atoms with Gasteiger partial charge >= 0.3 is 12.1 Å². The van der Waals surface area contributed by atoms with Gasteiger partial charge in [0.25, 0.3) is 5.91 Å². The molecule has 0 saturated carbocycles. The molecule has 3 heterocycles. The second-order valence-electron chi connectivity index (χ2n) is 8.89. The Hall–Kier alpha value is -4.10. The van der Waals surface area contributed by atoms with Crippen LogP contribution in [0.3, 0.4) is 0 Å². The number of benzene rings is 2. The van der Waals surface area contributed by atoms with Crippen LogP contribution < -0.4 is 20.7 Å². The first-order chi connectivity index (χ1) is 19.1. The van der Waals surface area contributed by atoms with E-state index in [1.54, 1.807) is 6.20 Å². The zero-order chi connectivity index (χ0) is 28.7. The number of aryl methyl sites for hydroxylation is 2. The number of anilines is 4. The molecule has 0 aliphatic carbocycles. The average molecular weight is 579 g/mol. The molecule has 1 fully saturated rings. The Labute approximate surface area is 232 Å². The second kappa shape index (κ2) is 12.8. The molecular weight excluding hydrogens is 553 g/mol. The molecule has 2 aliphatic rings. The predicted molar refractivity (Wildman–Crippen MR) is 143 cm³/mol. The number of carboxylic acids is 1. The van der Waals surface area contributed by atoms with Gasteiger partial charge in [-0.2, -0.15) is 18.2 Å². The molecule has 0 unspecified atom stereocenters. The molecule has 14 heteroatoms. The van der Waals surface area contributed by atoms with Crippen molar-refractivity contribution in [3.05, 3.63) is 64.8 Å². The van der Waals surface area contributed by atoms with Crippen LogP contribution in [0.1, 0.15) is 11.1 Å². The second-order valence-corrected chi connectivity index (χ2v) is 9.29. The monoisotopic (exact) mass is 578 g/mol. The van der Waals surface area contributed by atoms with Gasteiger partial charge in [-0.25, -0.2) is 9.78 Å². The summed E-state index contributed by atoms with van der Waals surface area (Å²) in [4.78, 5) is 32.1. The Kier molecular flexibility index (Phi) is 9.27. The number of aliphatic carboxylic acids is 1. The van der Waals surface area contributed by atoms with Gasteiger partial charge in [0.05, 0.1) is 6.20 Å². The maximum atomic E-state index is 12.6. The molecule has 212 valence electrons. The predicted octanol–water partition coefficient (Wildman–Crippen LogP) is 4.16. The zero-order valence-electron chi connectivity index (χ0n) is 21.1. The van der Waals surface area contributed by atoms with Gasteiger partial charge < -0.3 is 30.7 Å². The van der Waals surface area contributed by atoms with Crippen LogP contribution in [0.15, 0.2) is 48.7 Å². The van der Waals surface area contributed by atoms with E-state index in [1.807, 2.05) is 35.2 Å². The number of nitrogens with one attached hydrogen (secondary N) is 3. The smallest absolute Gasteiger partial charge is 0.483 e. The van der Waals surface area contributed by atoms with Crippen LogP contribution in [-0.2, 0) is 22.4 Å². The number of carbonyl (C=O) groups is 2. The Morgan fingerprint density at radius 2 is 1.77 bits per heavy atom. The number of ether oxygens (including phenoxy) is 1. The summed E-state index contributed by atoms with van der Waals surface area (Å²) in [6.45, 7) is 3.09. The molecule has 4 N–H and O–H groups in total. The number of aromatic nitrogens is 2. The summed E-state index contributed by atoms with van der Waals surface area (Å²) >= 11 is 6.34. The summed E-state index contributed by atoms with van der Waals surface area (Å²) < 4.78 is 37.7. The highest BCUT2D eigenvalue weighted by Gasteiger charge is 2.38. The van der Waals surface area contributed by atoms with Crippen molar-refractivity contribution in [3.8, 4) is 5.75 Å². The summed E-state index contributed by atoms with van der Waals surface area (Å²) in [5.41, 5.74) is 3.93. The van der Waals surface area contributed by atoms with E-state index in [2.05, 4.69) is 38.1 Å². The summed E-state index contributed by atoms with van der Waals surface area (Å²) in [5, 5.41) is 17.3. The quantitative estimate of drug-likeness (QED) is 0.362. The standard InChI is InChI=1S/C24H25ClN6O2.C2HF3O2/c25-20-14-27-24-29-18-3-1-2-16(12-18)4-5-17-13-19(28-23(20)30-24)6-7-21(17)33-15-22(32)31-10-8-26-9-11-31;3-2(4,5)1(6)7/h1-3,6-7,12-14,26H,4-5,8-11,15H2,(H2,27,28,29,30);(H,6,7). The van der Waals surface area contributed by atoms with Crippen molar-refractivity contribution in [1.82, 2.24) is 20.2 Å². The van der Waals surface area contributed by atoms with E-state index in [1.165, 1.54) is 5.56 Å². The van der Waals surface area contributed by atoms with E-state index in [9.17, 15) is 18.0 Å². The van der Waals surface area contributed by atoms with Gasteiger partial charge in [0.15, 0.2) is 12.4 Å². The van der Waals surface area contributed by atoms with Gasteiger partial charge in [0.2, 0.25) is 5.95 Å². The number of carbonyl (C=O) groups excluding carboxylic acids is 1. The lowest BCUT2D eigenvalue weighted by molar-refractivity contribution is -0.192. The molecule has 40 heavy (non-hydrogen) atoms. The number of amides is 1. The highest BCUT2D eigenvalue weighted by Crippen LogP contribution is 2.30. The van der Waals surface area contributed by atoms with Crippen LogP contribution in [0.4, 0.5) is 36.3 Å². The van der Waals surface area contributed by atoms with E-state index in [0.717, 1.165) is 42.9 Å². The molecule has 0 spiro atoms. The molecule has 10 nitrogen and oxygen atoms in total. The normalized spacial score (nSPS) is 14.6. The van der Waals surface area contributed by atoms with E-state index >= 15 is 0 Å². The number of fused-ring (bicyclic) bond motifs is 6. The van der Waals surface area contributed by atoms with E-state index in [0.29, 0.717) is 35.6 Å². The highest BCUT2D eigenvalue weighted by atomic mass is 35.5. The van der Waals surface area contributed by atoms with Gasteiger partial charge in [0, 0.05) is 37.6 Å². The summed E-state index contributed by atoms with van der Waals surface area (Å²) in [7, 11) is 0. The van der Waals surface area contributed by atoms with Crippen LogP contribution in [0.2, 0.25) is 5.02 Å². The molecule has 6 bridgehead atoms. The lowest BCUT2D eigenvalue weighted by Gasteiger charge is -2.27. The minimum Gasteiger partial charge on any atom is -0.483 e. The van der Waals surface area contributed by atoms with E-state index in [4.69, 9.17) is 26.2 Å². The number of hydrogen-bond donors (Lipinski definition) is 4. The molecule has 5 rings (SSSR count). The average Bonchev–Trinajstić information content (AvgIpc) is 2.93. The van der Waals surface area contributed by atoms with Gasteiger partial charge in [-0.3, -0.25) is 4.79 Å². The lowest BCUT2D eigenvalue weighted by Crippen LogP contribution is -2.47. The minimum atomic E-state index is -5.08. The highest BCUT2D eigenvalue weighted by molar-refractivity contribution is 6.32. The Morgan fingerprint density at radius 3 is 2.50 bits per heavy atom. The first-order valence-electron chi connectivity index (χ1n) is 12.3. The third-order valence-electron chi connectivity index (χ3n) is 6.00. The third kappa shape index (κ3) is 7.96. The van der Waals surface area contributed by atoms with Crippen molar-refractivity contribution in [3.63, 3.8) is 0 Å². The number of hydrogen-bond acceptors (Lipinski definition) is 8. The Balaban J connectivity index is 0.000000470. The fourth-order valence-corrected chi connectivity index (χ4v) is 4.14. The molecule has 1 aromatic heterocycles. The first-order valence-corrected chi connectivity index (χ1v) is 12.7. The van der Waals surface area contributed by atoms with Gasteiger partial charge in [-0.1, -0.05) is 23.7 Å². The molecule has 3 aromatic rings. The fourth-order valence-electron chi connectivity index (χ4n) is 4.00. The number of alkyl halides is 3. The lowest BCUT2D eigenvalue weighted by atomic mass is 10.0. The van der Waals surface area contributed by atoms with Crippen molar-refractivity contribution in [1.29, 1.82) is 0 Å². The molecular formula is C26H26ClF3N6O4. The topological polar surface area (TPSA) is 129 Å². The van der Waals surface area contributed by atoms with Crippen LogP contribution in [0.25, 0.3) is 0 Å². The Morgan fingerprint density at radius 1 is 1.05 bits per heavy atom. The zero-order valence-corrected chi connectivity index (χ0v) is 21.8. The van der Waals surface area contributed by atoms with E-state index in [-0.39, 0.29) is 12.5 Å². The fraction of sp³-hybridized carbons (Fsp3) is 0.308. The van der Waals surface area contributed by atoms with Gasteiger partial charge in [-0.15, -0.1) is 0 Å². The van der Waals surface area contributed by atoms with E-state index < -0.39 is 12.1 Å². The van der Waals surface area contributed by atoms with Crippen LogP contribution in [-0.4, -0.2) is 70.8 Å².